The monoisotopic (exact) mass is 401 g/mol. The van der Waals surface area contributed by atoms with E-state index < -0.39 is 0 Å². The van der Waals surface area contributed by atoms with E-state index in [1.807, 2.05) is 0 Å². The average Bonchev–Trinajstić information content (AvgIpc) is 2.95. The number of carbonyl (C=O) groups excluding carboxylic acids is 3. The molecule has 29 heavy (non-hydrogen) atoms. The van der Waals surface area contributed by atoms with E-state index in [1.165, 1.54) is 12.5 Å². The van der Waals surface area contributed by atoms with Gasteiger partial charge in [0.05, 0.1) is 0 Å². The molecule has 0 aliphatic heterocycles. The van der Waals surface area contributed by atoms with Gasteiger partial charge in [0.2, 0.25) is 5.91 Å². The molecule has 0 heterocycles. The first-order chi connectivity index (χ1) is 13.6. The highest BCUT2D eigenvalue weighted by Gasteiger charge is 2.63. The quantitative estimate of drug-likeness (QED) is 0.576. The van der Waals surface area contributed by atoms with E-state index in [2.05, 4.69) is 19.9 Å². The Hall–Kier alpha value is -1.65. The lowest BCUT2D eigenvalue weighted by Crippen LogP contribution is -2.51. The first kappa shape index (κ1) is 20.6. The predicted octanol–water partition coefficient (Wildman–Crippen LogP) is 3.80. The van der Waals surface area contributed by atoms with Crippen LogP contribution in [0.25, 0.3) is 0 Å². The molecule has 0 spiro atoms. The number of primary amides is 1. The maximum Gasteiger partial charge on any atom is 0.302 e. The molecule has 5 heteroatoms. The van der Waals surface area contributed by atoms with Crippen molar-refractivity contribution in [3.63, 3.8) is 0 Å². The van der Waals surface area contributed by atoms with Crippen LogP contribution < -0.4 is 5.73 Å². The molecule has 0 aromatic carbocycles. The molecule has 3 saturated carbocycles. The molecule has 0 radical (unpaired) electrons. The number of esters is 1. The summed E-state index contributed by atoms with van der Waals surface area (Å²) in [5.41, 5.74) is 7.22. The van der Waals surface area contributed by atoms with E-state index >= 15 is 0 Å². The fourth-order valence-electron chi connectivity index (χ4n) is 8.04. The van der Waals surface area contributed by atoms with E-state index in [4.69, 9.17) is 10.5 Å². The van der Waals surface area contributed by atoms with Crippen LogP contribution in [0.3, 0.4) is 0 Å². The summed E-state index contributed by atoms with van der Waals surface area (Å²) in [4.78, 5) is 36.1. The molecule has 4 rings (SSSR count). The van der Waals surface area contributed by atoms with E-state index in [-0.39, 0.29) is 46.4 Å². The number of ether oxygens (including phenoxy) is 1. The van der Waals surface area contributed by atoms with Gasteiger partial charge in [0.15, 0.2) is 0 Å². The van der Waals surface area contributed by atoms with Gasteiger partial charge in [-0.3, -0.25) is 14.4 Å². The van der Waals surface area contributed by atoms with Crippen LogP contribution in [0.1, 0.15) is 72.6 Å². The van der Waals surface area contributed by atoms with Gasteiger partial charge in [0.25, 0.3) is 0 Å². The van der Waals surface area contributed by atoms with Crippen molar-refractivity contribution in [1.82, 2.24) is 0 Å². The van der Waals surface area contributed by atoms with Crippen LogP contribution in [0, 0.1) is 40.4 Å². The SMILES string of the molecule is CC(=O)O[C@@H]1CC[C@@]2(C)C(=CC[C@H]3[C@@H]4C[C@@H](C(N)=O)[C@H](C(C)=O)[C@@]4(C)CC[C@@H]32)C1. The number of amides is 1. The third-order valence-corrected chi connectivity index (χ3v) is 9.25. The van der Waals surface area contributed by atoms with E-state index in [1.54, 1.807) is 6.92 Å². The molecule has 8 atom stereocenters. The van der Waals surface area contributed by atoms with Crippen molar-refractivity contribution < 1.29 is 19.1 Å². The van der Waals surface area contributed by atoms with E-state index in [9.17, 15) is 14.4 Å². The average molecular weight is 402 g/mol. The predicted molar refractivity (Wildman–Crippen MR) is 109 cm³/mol. The summed E-state index contributed by atoms with van der Waals surface area (Å²) < 4.78 is 5.52. The summed E-state index contributed by atoms with van der Waals surface area (Å²) in [5.74, 6) is 0.503. The zero-order valence-electron chi connectivity index (χ0n) is 18.2. The Morgan fingerprint density at radius 1 is 1.10 bits per heavy atom. The summed E-state index contributed by atoms with van der Waals surface area (Å²) in [6.07, 6.45) is 9.04. The van der Waals surface area contributed by atoms with Crippen LogP contribution in [-0.2, 0) is 19.1 Å². The normalized spacial score (nSPS) is 46.0. The molecule has 0 unspecified atom stereocenters. The number of hydrogen-bond donors (Lipinski definition) is 1. The third-order valence-electron chi connectivity index (χ3n) is 9.25. The Morgan fingerprint density at radius 2 is 1.83 bits per heavy atom. The molecule has 160 valence electrons. The van der Waals surface area contributed by atoms with E-state index in [0.29, 0.717) is 17.8 Å². The Labute approximate surface area is 173 Å². The lowest BCUT2D eigenvalue weighted by atomic mass is 9.47. The first-order valence-electron chi connectivity index (χ1n) is 11.2. The second-order valence-corrected chi connectivity index (χ2v) is 10.6. The fourth-order valence-corrected chi connectivity index (χ4v) is 8.04. The second-order valence-electron chi connectivity index (χ2n) is 10.6. The van der Waals surface area contributed by atoms with Crippen LogP contribution in [0.4, 0.5) is 0 Å². The zero-order valence-corrected chi connectivity index (χ0v) is 18.2. The highest BCUT2D eigenvalue weighted by molar-refractivity contribution is 5.88. The largest absolute Gasteiger partial charge is 0.462 e. The Morgan fingerprint density at radius 3 is 2.45 bits per heavy atom. The highest BCUT2D eigenvalue weighted by Crippen LogP contribution is 2.67. The van der Waals surface area contributed by atoms with Gasteiger partial charge in [-0.1, -0.05) is 25.5 Å². The molecule has 1 amide bonds. The van der Waals surface area contributed by atoms with Crippen molar-refractivity contribution in [2.45, 2.75) is 78.7 Å². The van der Waals surface area contributed by atoms with Gasteiger partial charge >= 0.3 is 5.97 Å². The summed E-state index contributed by atoms with van der Waals surface area (Å²) in [7, 11) is 0. The standard InChI is InChI=1S/C24H35NO4/c1-13(26)21-18(22(25)28)12-20-17-6-5-15-11-16(29-14(2)27)7-9-23(15,3)19(17)8-10-24(20,21)4/h5,16-21H,6-12H2,1-4H3,(H2,25,28)/t16-,17-,18-,19+,20+,21+,23+,24+/m1/s1. The molecule has 0 saturated heterocycles. The van der Waals surface area contributed by atoms with Gasteiger partial charge < -0.3 is 10.5 Å². The Balaban J connectivity index is 1.63. The van der Waals surface area contributed by atoms with Crippen molar-refractivity contribution >= 4 is 17.7 Å². The molecule has 5 nitrogen and oxygen atoms in total. The summed E-state index contributed by atoms with van der Waals surface area (Å²) in [5, 5.41) is 0. The summed E-state index contributed by atoms with van der Waals surface area (Å²) >= 11 is 0. The second kappa shape index (κ2) is 6.95. The molecule has 4 aliphatic rings. The molecule has 4 aliphatic carbocycles. The number of nitrogens with two attached hydrogens (primary N) is 1. The number of hydrogen-bond acceptors (Lipinski definition) is 4. The molecule has 3 fully saturated rings. The molecular weight excluding hydrogens is 366 g/mol. The molecular formula is C24H35NO4. The van der Waals surface area contributed by atoms with Crippen LogP contribution in [0.5, 0.6) is 0 Å². The van der Waals surface area contributed by atoms with Crippen LogP contribution in [0.2, 0.25) is 0 Å². The Kier molecular flexibility index (Phi) is 4.94. The Bertz CT molecular complexity index is 773. The van der Waals surface area contributed by atoms with Gasteiger partial charge in [0.1, 0.15) is 11.9 Å². The van der Waals surface area contributed by atoms with Crippen molar-refractivity contribution in [3.05, 3.63) is 11.6 Å². The maximum atomic E-state index is 12.5. The number of ketones is 1. The molecule has 2 N–H and O–H groups in total. The zero-order chi connectivity index (χ0) is 21.1. The minimum atomic E-state index is -0.320. The number of Topliss-reactive ketones (excluding diaryl/α,β-unsaturated/α-hetero) is 1. The van der Waals surface area contributed by atoms with Crippen molar-refractivity contribution in [2.75, 3.05) is 0 Å². The van der Waals surface area contributed by atoms with Crippen LogP contribution in [0.15, 0.2) is 11.6 Å². The fraction of sp³-hybridized carbons (Fsp3) is 0.792. The van der Waals surface area contributed by atoms with Gasteiger partial charge in [-0.15, -0.1) is 0 Å². The van der Waals surface area contributed by atoms with Gasteiger partial charge in [-0.2, -0.15) is 0 Å². The smallest absolute Gasteiger partial charge is 0.302 e. The lowest BCUT2D eigenvalue weighted by molar-refractivity contribution is -0.149. The molecule has 0 bridgehead atoms. The van der Waals surface area contributed by atoms with Gasteiger partial charge in [0, 0.05) is 25.2 Å². The minimum Gasteiger partial charge on any atom is -0.462 e. The third kappa shape index (κ3) is 3.07. The van der Waals surface area contributed by atoms with Gasteiger partial charge in [-0.05, 0) is 74.0 Å². The van der Waals surface area contributed by atoms with Crippen molar-refractivity contribution in [2.24, 2.45) is 46.2 Å². The van der Waals surface area contributed by atoms with E-state index in [0.717, 1.165) is 44.9 Å². The first-order valence-corrected chi connectivity index (χ1v) is 11.2. The number of fused-ring (bicyclic) bond motifs is 5. The molecule has 0 aromatic heterocycles. The van der Waals surface area contributed by atoms with Gasteiger partial charge in [-0.25, -0.2) is 0 Å². The summed E-state index contributed by atoms with van der Waals surface area (Å²) in [6, 6.07) is 0. The molecule has 0 aromatic rings. The van der Waals surface area contributed by atoms with Crippen molar-refractivity contribution in [3.8, 4) is 0 Å². The number of carbonyl (C=O) groups is 3. The highest BCUT2D eigenvalue weighted by atomic mass is 16.5. The number of allylic oxidation sites excluding steroid dienone is 1. The van der Waals surface area contributed by atoms with Crippen LogP contribution >= 0.6 is 0 Å². The topological polar surface area (TPSA) is 86.5 Å². The maximum absolute atomic E-state index is 12.5. The lowest BCUT2D eigenvalue weighted by Gasteiger charge is -2.58. The van der Waals surface area contributed by atoms with Crippen molar-refractivity contribution in [1.29, 1.82) is 0 Å². The minimum absolute atomic E-state index is 0.00467. The number of rotatable bonds is 3. The van der Waals surface area contributed by atoms with Crippen LogP contribution in [-0.4, -0.2) is 23.8 Å². The summed E-state index contributed by atoms with van der Waals surface area (Å²) in [6.45, 7) is 7.76.